The standard InChI is InChI=1S/C8H8F3N3S/c9-8(10,11)4-14-5-1-2-6(7(12)15)13-3-5/h1-3,14H,4H2,(H2,12,15). The quantitative estimate of drug-likeness (QED) is 0.783. The maximum Gasteiger partial charge on any atom is 0.405 e. The van der Waals surface area contributed by atoms with Crippen LogP contribution in [-0.4, -0.2) is 22.7 Å². The van der Waals surface area contributed by atoms with Crippen LogP contribution in [0.2, 0.25) is 0 Å². The number of hydrogen-bond donors (Lipinski definition) is 2. The molecule has 0 bridgehead atoms. The minimum Gasteiger partial charge on any atom is -0.388 e. The van der Waals surface area contributed by atoms with Crippen LogP contribution in [0.15, 0.2) is 18.3 Å². The molecule has 0 aliphatic heterocycles. The third-order valence-corrected chi connectivity index (χ3v) is 1.72. The fourth-order valence-corrected chi connectivity index (χ4v) is 0.967. The van der Waals surface area contributed by atoms with Crippen LogP contribution in [0, 0.1) is 0 Å². The highest BCUT2D eigenvalue weighted by Crippen LogP contribution is 2.15. The van der Waals surface area contributed by atoms with Crippen LogP contribution in [0.25, 0.3) is 0 Å². The Morgan fingerprint density at radius 3 is 2.53 bits per heavy atom. The van der Waals surface area contributed by atoms with E-state index in [9.17, 15) is 13.2 Å². The van der Waals surface area contributed by atoms with Crippen LogP contribution in [0.3, 0.4) is 0 Å². The molecule has 0 aliphatic carbocycles. The lowest BCUT2D eigenvalue weighted by atomic mass is 10.3. The number of halogens is 3. The number of rotatable bonds is 3. The number of pyridine rings is 1. The van der Waals surface area contributed by atoms with Gasteiger partial charge in [-0.25, -0.2) is 0 Å². The average molecular weight is 235 g/mol. The molecule has 3 nitrogen and oxygen atoms in total. The van der Waals surface area contributed by atoms with Crippen molar-refractivity contribution in [1.29, 1.82) is 0 Å². The van der Waals surface area contributed by atoms with Crippen molar-refractivity contribution in [2.75, 3.05) is 11.9 Å². The second-order valence-corrected chi connectivity index (χ2v) is 3.20. The van der Waals surface area contributed by atoms with Crippen molar-refractivity contribution in [3.05, 3.63) is 24.0 Å². The normalized spacial score (nSPS) is 11.1. The van der Waals surface area contributed by atoms with E-state index in [1.54, 1.807) is 0 Å². The Morgan fingerprint density at radius 2 is 2.13 bits per heavy atom. The number of nitrogens with two attached hydrogens (primary N) is 1. The maximum absolute atomic E-state index is 11.8. The molecule has 1 heterocycles. The van der Waals surface area contributed by atoms with Crippen molar-refractivity contribution in [1.82, 2.24) is 4.98 Å². The van der Waals surface area contributed by atoms with Crippen molar-refractivity contribution in [2.24, 2.45) is 5.73 Å². The minimum absolute atomic E-state index is 0.109. The molecule has 15 heavy (non-hydrogen) atoms. The summed E-state index contributed by atoms with van der Waals surface area (Å²) in [6.45, 7) is -1.10. The van der Waals surface area contributed by atoms with Gasteiger partial charge in [-0.2, -0.15) is 13.2 Å². The van der Waals surface area contributed by atoms with Gasteiger partial charge in [-0.3, -0.25) is 4.98 Å². The van der Waals surface area contributed by atoms with E-state index >= 15 is 0 Å². The lowest BCUT2D eigenvalue weighted by Gasteiger charge is -2.09. The molecule has 0 aliphatic rings. The van der Waals surface area contributed by atoms with Crippen LogP contribution < -0.4 is 11.1 Å². The SMILES string of the molecule is NC(=S)c1ccc(NCC(F)(F)F)cn1. The zero-order valence-electron chi connectivity index (χ0n) is 7.51. The lowest BCUT2D eigenvalue weighted by Crippen LogP contribution is -2.21. The molecule has 0 radical (unpaired) electrons. The highest BCUT2D eigenvalue weighted by Gasteiger charge is 2.26. The highest BCUT2D eigenvalue weighted by molar-refractivity contribution is 7.80. The Labute approximate surface area is 89.5 Å². The summed E-state index contributed by atoms with van der Waals surface area (Å²) in [5, 5.41) is 2.18. The number of nitrogens with zero attached hydrogens (tertiary/aromatic N) is 1. The van der Waals surface area contributed by atoms with E-state index in [0.29, 0.717) is 5.69 Å². The van der Waals surface area contributed by atoms with Gasteiger partial charge in [0.1, 0.15) is 11.5 Å². The summed E-state index contributed by atoms with van der Waals surface area (Å²) in [6, 6.07) is 2.90. The number of hydrogen-bond acceptors (Lipinski definition) is 3. The molecule has 0 saturated heterocycles. The number of thiocarbonyl (C=S) groups is 1. The van der Waals surface area contributed by atoms with Crippen molar-refractivity contribution in [2.45, 2.75) is 6.18 Å². The maximum atomic E-state index is 11.8. The van der Waals surface area contributed by atoms with E-state index < -0.39 is 12.7 Å². The third-order valence-electron chi connectivity index (χ3n) is 1.51. The third kappa shape index (κ3) is 4.11. The van der Waals surface area contributed by atoms with Crippen molar-refractivity contribution >= 4 is 22.9 Å². The molecule has 0 spiro atoms. The first-order valence-corrected chi connectivity index (χ1v) is 4.36. The Hall–Kier alpha value is -1.37. The first-order valence-electron chi connectivity index (χ1n) is 3.95. The fraction of sp³-hybridized carbons (Fsp3) is 0.250. The van der Waals surface area contributed by atoms with Gasteiger partial charge in [-0.1, -0.05) is 12.2 Å². The number of aromatic nitrogens is 1. The molecule has 0 amide bonds. The van der Waals surface area contributed by atoms with E-state index in [2.05, 4.69) is 22.5 Å². The molecule has 1 aromatic heterocycles. The van der Waals surface area contributed by atoms with Crippen LogP contribution >= 0.6 is 12.2 Å². The molecule has 0 atom stereocenters. The largest absolute Gasteiger partial charge is 0.405 e. The van der Waals surface area contributed by atoms with E-state index in [-0.39, 0.29) is 10.7 Å². The molecule has 0 fully saturated rings. The van der Waals surface area contributed by atoms with Gasteiger partial charge in [0.05, 0.1) is 17.6 Å². The molecule has 0 aromatic carbocycles. The molecular weight excluding hydrogens is 227 g/mol. The van der Waals surface area contributed by atoms with Gasteiger partial charge in [0.25, 0.3) is 0 Å². The van der Waals surface area contributed by atoms with Gasteiger partial charge in [0.15, 0.2) is 0 Å². The Kier molecular flexibility index (Phi) is 3.46. The average Bonchev–Trinajstić information content (AvgIpc) is 2.14. The first-order chi connectivity index (χ1) is 6.88. The van der Waals surface area contributed by atoms with Gasteiger partial charge in [-0.15, -0.1) is 0 Å². The smallest absolute Gasteiger partial charge is 0.388 e. The summed E-state index contributed by atoms with van der Waals surface area (Å²) in [5.74, 6) is 0. The molecule has 0 unspecified atom stereocenters. The first kappa shape index (κ1) is 11.7. The highest BCUT2D eigenvalue weighted by atomic mass is 32.1. The number of alkyl halides is 3. The second-order valence-electron chi connectivity index (χ2n) is 2.77. The Bertz CT molecular complexity index is 347. The van der Waals surface area contributed by atoms with Gasteiger partial charge in [-0.05, 0) is 12.1 Å². The van der Waals surface area contributed by atoms with Crippen molar-refractivity contribution in [3.8, 4) is 0 Å². The number of nitrogens with one attached hydrogen (secondary N) is 1. The lowest BCUT2D eigenvalue weighted by molar-refractivity contribution is -0.115. The Morgan fingerprint density at radius 1 is 1.47 bits per heavy atom. The molecule has 0 saturated carbocycles. The summed E-state index contributed by atoms with van der Waals surface area (Å²) in [4.78, 5) is 3.89. The van der Waals surface area contributed by atoms with Crippen molar-refractivity contribution in [3.63, 3.8) is 0 Å². The Balaban J connectivity index is 2.61. The van der Waals surface area contributed by atoms with Gasteiger partial charge in [0, 0.05) is 0 Å². The zero-order chi connectivity index (χ0) is 11.5. The number of anilines is 1. The topological polar surface area (TPSA) is 50.9 Å². The molecule has 1 aromatic rings. The molecule has 7 heteroatoms. The van der Waals surface area contributed by atoms with E-state index in [0.717, 1.165) is 0 Å². The van der Waals surface area contributed by atoms with Crippen molar-refractivity contribution < 1.29 is 13.2 Å². The predicted molar refractivity (Wildman–Crippen MR) is 54.7 cm³/mol. The van der Waals surface area contributed by atoms with Gasteiger partial charge in [0.2, 0.25) is 0 Å². The van der Waals surface area contributed by atoms with Gasteiger partial charge >= 0.3 is 6.18 Å². The zero-order valence-corrected chi connectivity index (χ0v) is 8.32. The van der Waals surface area contributed by atoms with Crippen LogP contribution in [0.4, 0.5) is 18.9 Å². The minimum atomic E-state index is -4.25. The molecule has 82 valence electrons. The molecular formula is C8H8F3N3S. The monoisotopic (exact) mass is 235 g/mol. The second kappa shape index (κ2) is 4.43. The fourth-order valence-electron chi connectivity index (χ4n) is 0.846. The molecule has 1 rings (SSSR count). The van der Waals surface area contributed by atoms with E-state index in [4.69, 9.17) is 5.73 Å². The van der Waals surface area contributed by atoms with Crippen LogP contribution in [0.5, 0.6) is 0 Å². The molecule has 3 N–H and O–H groups in total. The van der Waals surface area contributed by atoms with Crippen LogP contribution in [-0.2, 0) is 0 Å². The van der Waals surface area contributed by atoms with Gasteiger partial charge < -0.3 is 11.1 Å². The summed E-state index contributed by atoms with van der Waals surface area (Å²) < 4.78 is 35.5. The van der Waals surface area contributed by atoms with E-state index in [1.807, 2.05) is 0 Å². The van der Waals surface area contributed by atoms with E-state index in [1.165, 1.54) is 18.3 Å². The summed E-state index contributed by atoms with van der Waals surface area (Å²) in [5.41, 5.74) is 5.92. The van der Waals surface area contributed by atoms with Crippen LogP contribution in [0.1, 0.15) is 5.69 Å². The summed E-state index contributed by atoms with van der Waals surface area (Å²) >= 11 is 4.64. The summed E-state index contributed by atoms with van der Waals surface area (Å²) in [6.07, 6.45) is -3.00. The predicted octanol–water partition coefficient (Wildman–Crippen LogP) is 1.69. The summed E-state index contributed by atoms with van der Waals surface area (Å²) in [7, 11) is 0.